The summed E-state index contributed by atoms with van der Waals surface area (Å²) in [5.41, 5.74) is 0.993. The molecule has 1 heterocycles. The highest BCUT2D eigenvalue weighted by Gasteiger charge is 2.18. The predicted octanol–water partition coefficient (Wildman–Crippen LogP) is 3.25. The number of methoxy groups -OCH3 is 1. The monoisotopic (exact) mass is 294 g/mol. The molecular formula is C16H30N4O. The standard InChI is InChI=1S/C16H30N4O/c1-6-9-17-16-18-13(4)12-15(19-16)20(10-11-21-5)14(7-2)8-3/h12,14H,6-11H2,1-5H3,(H,17,18,19). The summed E-state index contributed by atoms with van der Waals surface area (Å²) in [6.07, 6.45) is 3.26. The molecule has 0 radical (unpaired) electrons. The molecule has 0 aliphatic heterocycles. The van der Waals surface area contributed by atoms with E-state index in [9.17, 15) is 0 Å². The normalized spacial score (nSPS) is 11.0. The van der Waals surface area contributed by atoms with Gasteiger partial charge in [-0.15, -0.1) is 0 Å². The Balaban J connectivity index is 3.01. The molecule has 1 N–H and O–H groups in total. The van der Waals surface area contributed by atoms with Crippen molar-refractivity contribution >= 4 is 11.8 Å². The van der Waals surface area contributed by atoms with E-state index in [0.717, 1.165) is 49.8 Å². The second-order valence-electron chi connectivity index (χ2n) is 5.27. The predicted molar refractivity (Wildman–Crippen MR) is 89.1 cm³/mol. The third-order valence-corrected chi connectivity index (χ3v) is 3.59. The average molecular weight is 294 g/mol. The Morgan fingerprint density at radius 1 is 1.24 bits per heavy atom. The van der Waals surface area contributed by atoms with Crippen molar-refractivity contribution in [2.75, 3.05) is 37.0 Å². The van der Waals surface area contributed by atoms with E-state index >= 15 is 0 Å². The van der Waals surface area contributed by atoms with Crippen molar-refractivity contribution in [3.8, 4) is 0 Å². The number of nitrogens with one attached hydrogen (secondary N) is 1. The lowest BCUT2D eigenvalue weighted by molar-refractivity contribution is 0.202. The molecule has 0 fully saturated rings. The highest BCUT2D eigenvalue weighted by atomic mass is 16.5. The summed E-state index contributed by atoms with van der Waals surface area (Å²) >= 11 is 0. The molecule has 5 heteroatoms. The summed E-state index contributed by atoms with van der Waals surface area (Å²) in [6.45, 7) is 11.1. The van der Waals surface area contributed by atoms with E-state index in [4.69, 9.17) is 4.74 Å². The third kappa shape index (κ3) is 5.50. The van der Waals surface area contributed by atoms with Crippen LogP contribution in [0.5, 0.6) is 0 Å². The number of anilines is 2. The fourth-order valence-corrected chi connectivity index (χ4v) is 2.42. The minimum atomic E-state index is 0.480. The first-order valence-electron chi connectivity index (χ1n) is 8.01. The molecular weight excluding hydrogens is 264 g/mol. The molecule has 0 unspecified atom stereocenters. The van der Waals surface area contributed by atoms with E-state index in [0.29, 0.717) is 12.6 Å². The third-order valence-electron chi connectivity index (χ3n) is 3.59. The van der Waals surface area contributed by atoms with Crippen molar-refractivity contribution in [2.24, 2.45) is 0 Å². The fraction of sp³-hybridized carbons (Fsp3) is 0.750. The van der Waals surface area contributed by atoms with Crippen LogP contribution in [0.4, 0.5) is 11.8 Å². The van der Waals surface area contributed by atoms with Crippen LogP contribution in [-0.4, -0.2) is 42.8 Å². The van der Waals surface area contributed by atoms with Crippen molar-refractivity contribution in [3.63, 3.8) is 0 Å². The Hall–Kier alpha value is -1.36. The number of nitrogens with zero attached hydrogens (tertiary/aromatic N) is 3. The van der Waals surface area contributed by atoms with Gasteiger partial charge in [-0.3, -0.25) is 0 Å². The van der Waals surface area contributed by atoms with Gasteiger partial charge < -0.3 is 15.0 Å². The summed E-state index contributed by atoms with van der Waals surface area (Å²) < 4.78 is 5.26. The molecule has 1 aromatic heterocycles. The van der Waals surface area contributed by atoms with Gasteiger partial charge in [-0.2, -0.15) is 4.98 Å². The highest BCUT2D eigenvalue weighted by Crippen LogP contribution is 2.20. The van der Waals surface area contributed by atoms with Crippen LogP contribution in [0.25, 0.3) is 0 Å². The van der Waals surface area contributed by atoms with Crippen LogP contribution >= 0.6 is 0 Å². The molecule has 1 rings (SSSR count). The number of hydrogen-bond acceptors (Lipinski definition) is 5. The van der Waals surface area contributed by atoms with Crippen LogP contribution < -0.4 is 10.2 Å². The Kier molecular flexibility index (Phi) is 8.05. The zero-order valence-electron chi connectivity index (χ0n) is 14.1. The molecule has 1 aromatic rings. The minimum Gasteiger partial charge on any atom is -0.383 e. The molecule has 0 spiro atoms. The number of rotatable bonds is 10. The van der Waals surface area contributed by atoms with Crippen molar-refractivity contribution in [2.45, 2.75) is 53.0 Å². The van der Waals surface area contributed by atoms with Crippen LogP contribution in [-0.2, 0) is 4.74 Å². The van der Waals surface area contributed by atoms with E-state index in [2.05, 4.69) is 47.0 Å². The molecule has 0 bridgehead atoms. The molecule has 0 aliphatic carbocycles. The molecule has 0 aromatic carbocycles. The summed E-state index contributed by atoms with van der Waals surface area (Å²) in [4.78, 5) is 11.5. The summed E-state index contributed by atoms with van der Waals surface area (Å²) in [5, 5.41) is 3.28. The Bertz CT molecular complexity index is 407. The van der Waals surface area contributed by atoms with Gasteiger partial charge in [-0.05, 0) is 26.2 Å². The van der Waals surface area contributed by atoms with E-state index in [1.807, 2.05) is 6.92 Å². The van der Waals surface area contributed by atoms with Gasteiger partial charge in [0.2, 0.25) is 5.95 Å². The topological polar surface area (TPSA) is 50.3 Å². The van der Waals surface area contributed by atoms with Crippen LogP contribution in [0.3, 0.4) is 0 Å². The molecule has 120 valence electrons. The molecule has 21 heavy (non-hydrogen) atoms. The Morgan fingerprint density at radius 2 is 1.95 bits per heavy atom. The summed E-state index contributed by atoms with van der Waals surface area (Å²) in [5.74, 6) is 1.71. The van der Waals surface area contributed by atoms with E-state index in [-0.39, 0.29) is 0 Å². The Morgan fingerprint density at radius 3 is 2.52 bits per heavy atom. The second kappa shape index (κ2) is 9.55. The van der Waals surface area contributed by atoms with Gasteiger partial charge in [0.1, 0.15) is 5.82 Å². The quantitative estimate of drug-likeness (QED) is 0.718. The van der Waals surface area contributed by atoms with Gasteiger partial charge >= 0.3 is 0 Å². The smallest absolute Gasteiger partial charge is 0.224 e. The van der Waals surface area contributed by atoms with E-state index < -0.39 is 0 Å². The molecule has 0 atom stereocenters. The van der Waals surface area contributed by atoms with Crippen molar-refractivity contribution < 1.29 is 4.74 Å². The molecule has 0 saturated carbocycles. The largest absolute Gasteiger partial charge is 0.383 e. The lowest BCUT2D eigenvalue weighted by Gasteiger charge is -2.31. The van der Waals surface area contributed by atoms with Gasteiger partial charge in [0.05, 0.1) is 6.61 Å². The maximum atomic E-state index is 5.26. The van der Waals surface area contributed by atoms with Gasteiger partial charge in [0.25, 0.3) is 0 Å². The van der Waals surface area contributed by atoms with Crippen LogP contribution in [0.1, 0.15) is 45.7 Å². The zero-order chi connectivity index (χ0) is 15.7. The highest BCUT2D eigenvalue weighted by molar-refractivity contribution is 5.45. The maximum Gasteiger partial charge on any atom is 0.224 e. The lowest BCUT2D eigenvalue weighted by Crippen LogP contribution is -2.38. The molecule has 0 saturated heterocycles. The summed E-state index contributed by atoms with van der Waals surface area (Å²) in [7, 11) is 1.74. The van der Waals surface area contributed by atoms with Crippen LogP contribution in [0.15, 0.2) is 6.07 Å². The number of hydrogen-bond donors (Lipinski definition) is 1. The van der Waals surface area contributed by atoms with Gasteiger partial charge in [-0.1, -0.05) is 20.8 Å². The zero-order valence-corrected chi connectivity index (χ0v) is 14.1. The minimum absolute atomic E-state index is 0.480. The fourth-order valence-electron chi connectivity index (χ4n) is 2.42. The lowest BCUT2D eigenvalue weighted by atomic mass is 10.1. The van der Waals surface area contributed by atoms with Crippen molar-refractivity contribution in [1.82, 2.24) is 9.97 Å². The number of ether oxygens (including phenoxy) is 1. The molecule has 0 amide bonds. The first-order chi connectivity index (χ1) is 10.2. The Labute approximate surface area is 129 Å². The van der Waals surface area contributed by atoms with Crippen molar-refractivity contribution in [1.29, 1.82) is 0 Å². The van der Waals surface area contributed by atoms with Gasteiger partial charge in [0.15, 0.2) is 0 Å². The number of aromatic nitrogens is 2. The average Bonchev–Trinajstić information content (AvgIpc) is 2.48. The first-order valence-corrected chi connectivity index (χ1v) is 8.01. The second-order valence-corrected chi connectivity index (χ2v) is 5.27. The first kappa shape index (κ1) is 17.7. The van der Waals surface area contributed by atoms with Gasteiger partial charge in [0, 0.05) is 38.0 Å². The van der Waals surface area contributed by atoms with Crippen LogP contribution in [0.2, 0.25) is 0 Å². The molecule has 5 nitrogen and oxygen atoms in total. The summed E-state index contributed by atoms with van der Waals surface area (Å²) in [6, 6.07) is 2.54. The number of aryl methyl sites for hydroxylation is 1. The SMILES string of the molecule is CCCNc1nc(C)cc(N(CCOC)C(CC)CC)n1. The molecule has 0 aliphatic rings. The van der Waals surface area contributed by atoms with E-state index in [1.165, 1.54) is 0 Å². The van der Waals surface area contributed by atoms with Crippen molar-refractivity contribution in [3.05, 3.63) is 11.8 Å². The van der Waals surface area contributed by atoms with E-state index in [1.54, 1.807) is 7.11 Å². The van der Waals surface area contributed by atoms with Gasteiger partial charge in [-0.25, -0.2) is 4.98 Å². The maximum absolute atomic E-state index is 5.26. The van der Waals surface area contributed by atoms with Crippen LogP contribution in [0, 0.1) is 6.92 Å².